The van der Waals surface area contributed by atoms with Crippen molar-refractivity contribution in [3.05, 3.63) is 48.0 Å². The molecule has 2 aromatic rings. The lowest BCUT2D eigenvalue weighted by Gasteiger charge is -2.32. The molecule has 0 radical (unpaired) electrons. The first-order valence-corrected chi connectivity index (χ1v) is 14.6. The van der Waals surface area contributed by atoms with Crippen LogP contribution in [0.25, 0.3) is 0 Å². The molecular formula is C28H37N3O5S. The summed E-state index contributed by atoms with van der Waals surface area (Å²) < 4.78 is 32.3. The van der Waals surface area contributed by atoms with E-state index in [0.29, 0.717) is 30.3 Å². The van der Waals surface area contributed by atoms with Crippen LogP contribution >= 0.6 is 0 Å². The maximum atomic E-state index is 13.3. The lowest BCUT2D eigenvalue weighted by Crippen LogP contribution is -2.39. The second kappa shape index (κ2) is 11.5. The van der Waals surface area contributed by atoms with Gasteiger partial charge in [-0.15, -0.1) is 0 Å². The number of hydrogen-bond acceptors (Lipinski definition) is 6. The molecule has 0 spiro atoms. The van der Waals surface area contributed by atoms with E-state index >= 15 is 0 Å². The maximum absolute atomic E-state index is 13.3. The molecule has 2 aliphatic rings. The van der Waals surface area contributed by atoms with Crippen LogP contribution in [0.15, 0.2) is 47.4 Å². The zero-order valence-corrected chi connectivity index (χ0v) is 22.7. The van der Waals surface area contributed by atoms with E-state index in [9.17, 15) is 18.0 Å². The fourth-order valence-corrected chi connectivity index (χ4v) is 5.53. The van der Waals surface area contributed by atoms with Gasteiger partial charge < -0.3 is 19.3 Å². The van der Waals surface area contributed by atoms with Crippen molar-refractivity contribution in [2.45, 2.75) is 64.3 Å². The summed E-state index contributed by atoms with van der Waals surface area (Å²) in [6.07, 6.45) is 5.18. The van der Waals surface area contributed by atoms with Gasteiger partial charge in [-0.25, -0.2) is 0 Å². The van der Waals surface area contributed by atoms with Crippen molar-refractivity contribution < 1.29 is 22.2 Å². The molecule has 0 aliphatic heterocycles. The summed E-state index contributed by atoms with van der Waals surface area (Å²) in [6, 6.07) is 11.5. The average Bonchev–Trinajstić information content (AvgIpc) is 3.63. The van der Waals surface area contributed by atoms with E-state index in [4.69, 9.17) is 4.18 Å². The Bertz CT molecular complexity index is 1220. The summed E-state index contributed by atoms with van der Waals surface area (Å²) in [5, 5.41) is 2.63. The highest BCUT2D eigenvalue weighted by Gasteiger charge is 2.34. The molecule has 37 heavy (non-hydrogen) atoms. The molecule has 8 nitrogen and oxygen atoms in total. The Kier molecular flexibility index (Phi) is 8.42. The minimum absolute atomic E-state index is 0.0128. The highest BCUT2D eigenvalue weighted by Crippen LogP contribution is 2.36. The van der Waals surface area contributed by atoms with Gasteiger partial charge in [0.1, 0.15) is 10.6 Å². The molecule has 9 heteroatoms. The summed E-state index contributed by atoms with van der Waals surface area (Å²) in [5.74, 6) is 0.751. The monoisotopic (exact) mass is 527 g/mol. The molecule has 200 valence electrons. The third-order valence-corrected chi connectivity index (χ3v) is 8.39. The van der Waals surface area contributed by atoms with Crippen LogP contribution in [0.1, 0.15) is 58.4 Å². The second-order valence-electron chi connectivity index (χ2n) is 10.00. The predicted molar refractivity (Wildman–Crippen MR) is 144 cm³/mol. The lowest BCUT2D eigenvalue weighted by molar-refractivity contribution is -0.139. The van der Waals surface area contributed by atoms with Gasteiger partial charge in [0, 0.05) is 62.0 Å². The Hall–Kier alpha value is -3.07. The summed E-state index contributed by atoms with van der Waals surface area (Å²) in [5.41, 5.74) is 2.03. The molecule has 2 saturated carbocycles. The molecule has 2 fully saturated rings. The van der Waals surface area contributed by atoms with Gasteiger partial charge in [0.2, 0.25) is 11.8 Å². The van der Waals surface area contributed by atoms with Crippen molar-refractivity contribution in [2.75, 3.05) is 29.9 Å². The largest absolute Gasteiger partial charge is 0.379 e. The average molecular weight is 528 g/mol. The van der Waals surface area contributed by atoms with Crippen LogP contribution in [0.3, 0.4) is 0 Å². The maximum Gasteiger partial charge on any atom is 0.339 e. The third kappa shape index (κ3) is 6.83. The van der Waals surface area contributed by atoms with Crippen LogP contribution in [-0.2, 0) is 26.3 Å². The van der Waals surface area contributed by atoms with Gasteiger partial charge in [0.15, 0.2) is 0 Å². The van der Waals surface area contributed by atoms with E-state index in [-0.39, 0.29) is 28.4 Å². The van der Waals surface area contributed by atoms with Crippen molar-refractivity contribution in [3.63, 3.8) is 0 Å². The topological polar surface area (TPSA) is 96.0 Å². The Labute approximate surface area is 220 Å². The minimum Gasteiger partial charge on any atom is -0.379 e. The molecule has 0 aromatic heterocycles. The van der Waals surface area contributed by atoms with E-state index < -0.39 is 10.1 Å². The quantitative estimate of drug-likeness (QED) is 0.399. The Morgan fingerprint density at radius 2 is 1.68 bits per heavy atom. The molecule has 0 bridgehead atoms. The number of benzene rings is 2. The first-order valence-electron chi connectivity index (χ1n) is 13.2. The number of anilines is 2. The van der Waals surface area contributed by atoms with Crippen molar-refractivity contribution in [3.8, 4) is 5.75 Å². The number of carbonyl (C=O) groups excluding carboxylic acids is 2. The normalized spacial score (nSPS) is 15.5. The predicted octanol–water partition coefficient (Wildman–Crippen LogP) is 4.80. The van der Waals surface area contributed by atoms with Crippen LogP contribution in [0.4, 0.5) is 11.4 Å². The molecule has 1 N–H and O–H groups in total. The fourth-order valence-electron chi connectivity index (χ4n) is 4.57. The molecule has 0 unspecified atom stereocenters. The SMILES string of the molecule is CCN(CC)c1ccc(CN(CC2CC2)C(=O)C2CCC2)c(OS(=O)(=O)c2ccc(NC(C)=O)cc2)c1. The summed E-state index contributed by atoms with van der Waals surface area (Å²) in [4.78, 5) is 28.5. The van der Waals surface area contributed by atoms with Gasteiger partial charge in [0.25, 0.3) is 0 Å². The van der Waals surface area contributed by atoms with Crippen molar-refractivity contribution in [1.29, 1.82) is 0 Å². The van der Waals surface area contributed by atoms with Crippen LogP contribution in [0.5, 0.6) is 5.75 Å². The van der Waals surface area contributed by atoms with Crippen molar-refractivity contribution >= 4 is 33.3 Å². The van der Waals surface area contributed by atoms with E-state index in [0.717, 1.165) is 50.9 Å². The highest BCUT2D eigenvalue weighted by molar-refractivity contribution is 7.87. The summed E-state index contributed by atoms with van der Waals surface area (Å²) in [6.45, 7) is 8.02. The standard InChI is InChI=1S/C28H37N3O5S/c1-4-30(5-2)25-14-11-23(19-31(18-21-9-10-21)28(33)22-7-6-8-22)27(17-25)36-37(34,35)26-15-12-24(13-16-26)29-20(3)32/h11-17,21-22H,4-10,18-19H2,1-3H3,(H,29,32). The number of amides is 2. The lowest BCUT2D eigenvalue weighted by atomic mass is 9.84. The van der Waals surface area contributed by atoms with Crippen LogP contribution in [-0.4, -0.2) is 44.8 Å². The van der Waals surface area contributed by atoms with Crippen LogP contribution in [0.2, 0.25) is 0 Å². The molecular weight excluding hydrogens is 490 g/mol. The number of nitrogens with one attached hydrogen (secondary N) is 1. The van der Waals surface area contributed by atoms with Gasteiger partial charge in [0.05, 0.1) is 0 Å². The van der Waals surface area contributed by atoms with Crippen LogP contribution < -0.4 is 14.4 Å². The van der Waals surface area contributed by atoms with Gasteiger partial charge >= 0.3 is 10.1 Å². The molecule has 2 amide bonds. The Morgan fingerprint density at radius 1 is 1.00 bits per heavy atom. The van der Waals surface area contributed by atoms with Gasteiger partial charge in [-0.3, -0.25) is 9.59 Å². The van der Waals surface area contributed by atoms with E-state index in [1.165, 1.54) is 31.2 Å². The molecule has 2 aromatic carbocycles. The number of nitrogens with zero attached hydrogens (tertiary/aromatic N) is 2. The first kappa shape index (κ1) is 27.0. The molecule has 2 aliphatic carbocycles. The number of carbonyl (C=O) groups is 2. The molecule has 0 heterocycles. The highest BCUT2D eigenvalue weighted by atomic mass is 32.2. The Morgan fingerprint density at radius 3 is 2.22 bits per heavy atom. The molecule has 0 saturated heterocycles. The summed E-state index contributed by atoms with van der Waals surface area (Å²) >= 11 is 0. The van der Waals surface area contributed by atoms with Crippen LogP contribution in [0, 0.1) is 11.8 Å². The summed E-state index contributed by atoms with van der Waals surface area (Å²) in [7, 11) is -4.15. The van der Waals surface area contributed by atoms with Crippen molar-refractivity contribution in [2.24, 2.45) is 11.8 Å². The minimum atomic E-state index is -4.15. The van der Waals surface area contributed by atoms with E-state index in [2.05, 4.69) is 10.2 Å². The fraction of sp³-hybridized carbons (Fsp3) is 0.500. The zero-order chi connectivity index (χ0) is 26.6. The van der Waals surface area contributed by atoms with Crippen molar-refractivity contribution in [1.82, 2.24) is 4.90 Å². The van der Waals surface area contributed by atoms with E-state index in [1.54, 1.807) is 6.07 Å². The second-order valence-corrected chi connectivity index (χ2v) is 11.5. The zero-order valence-electron chi connectivity index (χ0n) is 21.9. The Balaban J connectivity index is 1.63. The first-order chi connectivity index (χ1) is 17.7. The molecule has 0 atom stereocenters. The van der Waals surface area contributed by atoms with Gasteiger partial charge in [-0.05, 0) is 75.8 Å². The van der Waals surface area contributed by atoms with Gasteiger partial charge in [-0.2, -0.15) is 8.42 Å². The van der Waals surface area contributed by atoms with E-state index in [1.807, 2.05) is 30.9 Å². The number of rotatable bonds is 12. The smallest absolute Gasteiger partial charge is 0.339 e. The molecule has 4 rings (SSSR count). The van der Waals surface area contributed by atoms with Gasteiger partial charge in [-0.1, -0.05) is 12.5 Å². The number of hydrogen-bond donors (Lipinski definition) is 1. The third-order valence-electron chi connectivity index (χ3n) is 7.14.